The van der Waals surface area contributed by atoms with Crippen molar-refractivity contribution in [2.45, 2.75) is 62.9 Å². The average molecular weight is 364 g/mol. The summed E-state index contributed by atoms with van der Waals surface area (Å²) in [5.41, 5.74) is 1.01. The molecule has 0 aromatic carbocycles. The third-order valence-corrected chi connectivity index (χ3v) is 6.08. The van der Waals surface area contributed by atoms with Crippen LogP contribution in [0.3, 0.4) is 0 Å². The monoisotopic (exact) mass is 362 g/mol. The van der Waals surface area contributed by atoms with Gasteiger partial charge in [-0.1, -0.05) is 44.7 Å². The molecular formula is C14H20BrClN2S. The number of hydrogen-bond acceptors (Lipinski definition) is 3. The van der Waals surface area contributed by atoms with Crippen molar-refractivity contribution < 1.29 is 0 Å². The molecule has 0 radical (unpaired) electrons. The lowest BCUT2D eigenvalue weighted by Gasteiger charge is -2.20. The van der Waals surface area contributed by atoms with Crippen LogP contribution < -0.4 is 0 Å². The fourth-order valence-corrected chi connectivity index (χ4v) is 4.36. The summed E-state index contributed by atoms with van der Waals surface area (Å²) in [7, 11) is 0. The van der Waals surface area contributed by atoms with Crippen LogP contribution in [-0.4, -0.2) is 15.2 Å². The lowest BCUT2D eigenvalue weighted by Crippen LogP contribution is -2.09. The summed E-state index contributed by atoms with van der Waals surface area (Å²) < 4.78 is 0.843. The molecule has 1 aliphatic rings. The van der Waals surface area contributed by atoms with Crippen molar-refractivity contribution in [3.63, 3.8) is 0 Å². The molecule has 1 heterocycles. The maximum Gasteiger partial charge on any atom is 0.147 e. The van der Waals surface area contributed by atoms with Crippen LogP contribution >= 0.6 is 39.3 Å². The molecule has 1 aromatic heterocycles. The molecule has 1 saturated carbocycles. The van der Waals surface area contributed by atoms with Gasteiger partial charge in [-0.25, -0.2) is 9.97 Å². The van der Waals surface area contributed by atoms with Crippen LogP contribution in [0.25, 0.3) is 0 Å². The predicted molar refractivity (Wildman–Crippen MR) is 87.0 cm³/mol. The molecule has 2 nitrogen and oxygen atoms in total. The summed E-state index contributed by atoms with van der Waals surface area (Å²) in [5.74, 6) is 2.10. The topological polar surface area (TPSA) is 25.8 Å². The summed E-state index contributed by atoms with van der Waals surface area (Å²) in [6.45, 7) is 4.25. The van der Waals surface area contributed by atoms with Gasteiger partial charge in [-0.2, -0.15) is 11.8 Å². The third-order valence-electron chi connectivity index (χ3n) is 3.43. The Morgan fingerprint density at radius 2 is 1.95 bits per heavy atom. The van der Waals surface area contributed by atoms with E-state index in [0.717, 1.165) is 27.0 Å². The van der Waals surface area contributed by atoms with Gasteiger partial charge in [0.1, 0.15) is 11.0 Å². The number of rotatable bonds is 4. The van der Waals surface area contributed by atoms with Gasteiger partial charge in [-0.05, 0) is 34.7 Å². The highest BCUT2D eigenvalue weighted by molar-refractivity contribution is 9.10. The Morgan fingerprint density at radius 1 is 1.26 bits per heavy atom. The van der Waals surface area contributed by atoms with E-state index in [1.54, 1.807) is 0 Å². The highest BCUT2D eigenvalue weighted by Gasteiger charge is 2.17. The van der Waals surface area contributed by atoms with E-state index >= 15 is 0 Å². The molecule has 1 aromatic rings. The second-order valence-electron chi connectivity index (χ2n) is 5.36. The van der Waals surface area contributed by atoms with Crippen molar-refractivity contribution in [3.8, 4) is 0 Å². The van der Waals surface area contributed by atoms with E-state index in [2.05, 4.69) is 39.7 Å². The van der Waals surface area contributed by atoms with Crippen LogP contribution in [0.15, 0.2) is 4.47 Å². The fourth-order valence-electron chi connectivity index (χ4n) is 2.35. The van der Waals surface area contributed by atoms with Crippen molar-refractivity contribution in [3.05, 3.63) is 21.1 Å². The van der Waals surface area contributed by atoms with Crippen LogP contribution in [-0.2, 0) is 5.75 Å². The number of aromatic nitrogens is 2. The van der Waals surface area contributed by atoms with Crippen LogP contribution in [0.4, 0.5) is 0 Å². The normalized spacial score (nSPS) is 17.1. The minimum atomic E-state index is 0.355. The number of thioether (sulfide) groups is 1. The van der Waals surface area contributed by atoms with Crippen molar-refractivity contribution >= 4 is 39.3 Å². The van der Waals surface area contributed by atoms with Crippen molar-refractivity contribution in [2.75, 3.05) is 0 Å². The Morgan fingerprint density at radius 3 is 2.58 bits per heavy atom. The van der Waals surface area contributed by atoms with Crippen LogP contribution in [0, 0.1) is 0 Å². The average Bonchev–Trinajstić information content (AvgIpc) is 2.41. The van der Waals surface area contributed by atoms with Gasteiger partial charge in [-0.3, -0.25) is 0 Å². The van der Waals surface area contributed by atoms with Crippen molar-refractivity contribution in [1.82, 2.24) is 9.97 Å². The molecule has 1 aliphatic carbocycles. The second-order valence-corrected chi connectivity index (χ2v) is 7.80. The Balaban J connectivity index is 2.03. The van der Waals surface area contributed by atoms with Gasteiger partial charge < -0.3 is 0 Å². The third kappa shape index (κ3) is 4.33. The SMILES string of the molecule is CC(C)c1nc(CSC2CCCCC2)nc(Cl)c1Br. The maximum atomic E-state index is 6.18. The summed E-state index contributed by atoms with van der Waals surface area (Å²) in [6.07, 6.45) is 6.82. The molecule has 0 amide bonds. The van der Waals surface area contributed by atoms with Gasteiger partial charge in [0, 0.05) is 5.25 Å². The predicted octanol–water partition coefficient (Wildman–Crippen LogP) is 5.58. The van der Waals surface area contributed by atoms with E-state index in [1.807, 2.05) is 11.8 Å². The first-order valence-corrected chi connectivity index (χ1v) is 9.13. The van der Waals surface area contributed by atoms with Crippen LogP contribution in [0.5, 0.6) is 0 Å². The van der Waals surface area contributed by atoms with E-state index in [4.69, 9.17) is 11.6 Å². The van der Waals surface area contributed by atoms with Gasteiger partial charge >= 0.3 is 0 Å². The van der Waals surface area contributed by atoms with Gasteiger partial charge in [0.15, 0.2) is 0 Å². The molecule has 0 atom stereocenters. The quantitative estimate of drug-likeness (QED) is 0.653. The number of nitrogens with zero attached hydrogens (tertiary/aromatic N) is 2. The smallest absolute Gasteiger partial charge is 0.147 e. The molecule has 0 bridgehead atoms. The molecule has 0 aliphatic heterocycles. The van der Waals surface area contributed by atoms with E-state index < -0.39 is 0 Å². The Hall–Kier alpha value is 0.200. The van der Waals surface area contributed by atoms with Gasteiger partial charge in [-0.15, -0.1) is 0 Å². The molecule has 0 saturated heterocycles. The van der Waals surface area contributed by atoms with Crippen molar-refractivity contribution in [1.29, 1.82) is 0 Å². The molecule has 106 valence electrons. The van der Waals surface area contributed by atoms with E-state index in [1.165, 1.54) is 32.1 Å². The molecule has 5 heteroatoms. The largest absolute Gasteiger partial charge is 0.235 e. The van der Waals surface area contributed by atoms with Crippen LogP contribution in [0.1, 0.15) is 63.4 Å². The highest BCUT2D eigenvalue weighted by Crippen LogP contribution is 2.32. The maximum absolute atomic E-state index is 6.18. The van der Waals surface area contributed by atoms with Crippen LogP contribution in [0.2, 0.25) is 5.15 Å². The Labute approximate surface area is 133 Å². The zero-order valence-electron chi connectivity index (χ0n) is 11.5. The Bertz CT molecular complexity index is 434. The number of hydrogen-bond donors (Lipinski definition) is 0. The molecule has 1 fully saturated rings. The highest BCUT2D eigenvalue weighted by atomic mass is 79.9. The van der Waals surface area contributed by atoms with E-state index in [0.29, 0.717) is 11.1 Å². The summed E-state index contributed by atoms with van der Waals surface area (Å²) in [4.78, 5) is 9.04. The zero-order chi connectivity index (χ0) is 13.8. The second kappa shape index (κ2) is 7.28. The Kier molecular flexibility index (Phi) is 5.97. The molecule has 2 rings (SSSR count). The zero-order valence-corrected chi connectivity index (χ0v) is 14.6. The number of halogens is 2. The minimum absolute atomic E-state index is 0.355. The molecule has 0 unspecified atom stereocenters. The van der Waals surface area contributed by atoms with Crippen molar-refractivity contribution in [2.24, 2.45) is 0 Å². The first-order chi connectivity index (χ1) is 9.08. The molecular weight excluding hydrogens is 344 g/mol. The first kappa shape index (κ1) is 15.6. The lowest BCUT2D eigenvalue weighted by atomic mass is 10.0. The molecule has 0 N–H and O–H groups in total. The summed E-state index contributed by atoms with van der Waals surface area (Å²) in [5, 5.41) is 1.32. The lowest BCUT2D eigenvalue weighted by molar-refractivity contribution is 0.516. The van der Waals surface area contributed by atoms with Gasteiger partial charge in [0.25, 0.3) is 0 Å². The molecule has 0 spiro atoms. The van der Waals surface area contributed by atoms with Gasteiger partial charge in [0.05, 0.1) is 15.9 Å². The fraction of sp³-hybridized carbons (Fsp3) is 0.714. The molecule has 19 heavy (non-hydrogen) atoms. The minimum Gasteiger partial charge on any atom is -0.235 e. The first-order valence-electron chi connectivity index (χ1n) is 6.91. The van der Waals surface area contributed by atoms with Gasteiger partial charge in [0.2, 0.25) is 0 Å². The standard InChI is InChI=1S/C14H20BrClN2S/c1-9(2)13-12(15)14(16)18-11(17-13)8-19-10-6-4-3-5-7-10/h9-10H,3-8H2,1-2H3. The summed E-state index contributed by atoms with van der Waals surface area (Å²) in [6, 6.07) is 0. The summed E-state index contributed by atoms with van der Waals surface area (Å²) >= 11 is 11.6. The van der Waals surface area contributed by atoms with E-state index in [-0.39, 0.29) is 0 Å². The van der Waals surface area contributed by atoms with E-state index in [9.17, 15) is 0 Å².